The first-order chi connectivity index (χ1) is 26.0. The minimum Gasteiger partial charge on any atom is -0.458 e. The van der Waals surface area contributed by atoms with Crippen LogP contribution in [0.1, 0.15) is 52.7 Å². The highest BCUT2D eigenvalue weighted by molar-refractivity contribution is 7.19. The largest absolute Gasteiger partial charge is 0.458 e. The molecule has 0 saturated heterocycles. The Labute approximate surface area is 321 Å². The number of fused-ring (bicyclic) bond motifs is 4. The Morgan fingerprint density at radius 1 is 0.389 bits per heavy atom. The van der Waals surface area contributed by atoms with Gasteiger partial charge in [0.25, 0.3) is 6.71 Å². The van der Waals surface area contributed by atoms with E-state index in [1.165, 1.54) is 42.8 Å². The van der Waals surface area contributed by atoms with Crippen molar-refractivity contribution in [1.82, 2.24) is 0 Å². The lowest BCUT2D eigenvalue weighted by molar-refractivity contribution is 0.464. The molecule has 0 N–H and O–H groups in total. The molecule has 2 nitrogen and oxygen atoms in total. The van der Waals surface area contributed by atoms with Crippen LogP contribution in [0.3, 0.4) is 0 Å². The predicted octanol–water partition coefficient (Wildman–Crippen LogP) is 8.05. The number of hydrogen-bond donors (Lipinski definition) is 0. The minimum atomic E-state index is -2.71. The van der Waals surface area contributed by atoms with Crippen LogP contribution in [0.4, 0.5) is 0 Å². The second kappa shape index (κ2) is 12.8. The van der Waals surface area contributed by atoms with Gasteiger partial charge in [-0.25, -0.2) is 0 Å². The lowest BCUT2D eigenvalue weighted by Crippen LogP contribution is -2.74. The molecule has 0 atom stereocenters. The van der Waals surface area contributed by atoms with E-state index in [1.807, 2.05) is 0 Å². The predicted molar refractivity (Wildman–Crippen MR) is 231 cm³/mol. The average molecular weight is 717 g/mol. The van der Waals surface area contributed by atoms with Gasteiger partial charge in [0.1, 0.15) is 23.0 Å². The van der Waals surface area contributed by atoms with Crippen molar-refractivity contribution in [2.75, 3.05) is 0 Å². The van der Waals surface area contributed by atoms with Crippen LogP contribution in [-0.4, -0.2) is 14.8 Å². The molecule has 9 rings (SSSR count). The van der Waals surface area contributed by atoms with Crippen molar-refractivity contribution in [3.63, 3.8) is 0 Å². The van der Waals surface area contributed by atoms with E-state index in [9.17, 15) is 0 Å². The SMILES string of the molecule is CC(C)(C)c1ccc2c(c1)B1c3cc(C(C)(C)C)ccc3Oc3cc(-c4cccc([Si](c5ccccc5)(c5ccccc5)c5ccccc5)c4)cc(c31)O2. The third-order valence-electron chi connectivity index (χ3n) is 11.5. The number of rotatable bonds is 5. The van der Waals surface area contributed by atoms with Crippen LogP contribution in [0.2, 0.25) is 0 Å². The quantitative estimate of drug-likeness (QED) is 0.133. The van der Waals surface area contributed by atoms with Crippen molar-refractivity contribution in [1.29, 1.82) is 0 Å². The zero-order chi connectivity index (χ0) is 37.2. The van der Waals surface area contributed by atoms with Gasteiger partial charge < -0.3 is 9.47 Å². The maximum Gasteiger partial charge on any atom is 0.260 e. The Kier molecular flexibility index (Phi) is 8.10. The van der Waals surface area contributed by atoms with Crippen molar-refractivity contribution < 1.29 is 9.47 Å². The van der Waals surface area contributed by atoms with E-state index in [-0.39, 0.29) is 17.5 Å². The van der Waals surface area contributed by atoms with Gasteiger partial charge in [0.05, 0.1) is 0 Å². The molecule has 7 aromatic rings. The average Bonchev–Trinajstić information content (AvgIpc) is 3.18. The molecule has 264 valence electrons. The fourth-order valence-corrected chi connectivity index (χ4v) is 13.4. The molecule has 7 aromatic carbocycles. The van der Waals surface area contributed by atoms with E-state index in [0.29, 0.717) is 0 Å². The summed E-state index contributed by atoms with van der Waals surface area (Å²) in [6.45, 7) is 13.7. The standard InChI is InChI=1S/C50H45BO2Si/c1-49(2,3)36-25-27-44-42(32-36)51-43-33-37(50(4,5)6)26-28-45(43)53-47-31-35(30-46(52-44)48(47)51)34-17-16-24-41(29-34)54(38-18-10-7-11-19-38,39-20-12-8-13-21-39)40-22-14-9-15-23-40/h7-33H,1-6H3. The molecule has 2 aliphatic heterocycles. The Morgan fingerprint density at radius 3 is 1.24 bits per heavy atom. The van der Waals surface area contributed by atoms with Gasteiger partial charge in [0, 0.05) is 5.46 Å². The number of benzene rings is 7. The monoisotopic (exact) mass is 716 g/mol. The summed E-state index contributed by atoms with van der Waals surface area (Å²) in [5.41, 5.74) is 8.32. The number of ether oxygens (including phenoxy) is 2. The van der Waals surface area contributed by atoms with Gasteiger partial charge in [0.15, 0.2) is 8.07 Å². The van der Waals surface area contributed by atoms with Crippen LogP contribution in [0.25, 0.3) is 11.1 Å². The summed E-state index contributed by atoms with van der Waals surface area (Å²) in [6, 6.07) is 60.5. The molecule has 4 heteroatoms. The third-order valence-corrected chi connectivity index (χ3v) is 16.2. The zero-order valence-corrected chi connectivity index (χ0v) is 33.0. The molecule has 0 radical (unpaired) electrons. The van der Waals surface area contributed by atoms with E-state index in [2.05, 4.69) is 205 Å². The van der Waals surface area contributed by atoms with Gasteiger partial charge >= 0.3 is 0 Å². The molecule has 0 unspecified atom stereocenters. The Morgan fingerprint density at radius 2 is 0.815 bits per heavy atom. The van der Waals surface area contributed by atoms with Gasteiger partial charge in [-0.2, -0.15) is 0 Å². The van der Waals surface area contributed by atoms with Crippen molar-refractivity contribution in [2.24, 2.45) is 0 Å². The van der Waals surface area contributed by atoms with E-state index in [1.54, 1.807) is 0 Å². The molecule has 0 aromatic heterocycles. The molecular weight excluding hydrogens is 671 g/mol. The van der Waals surface area contributed by atoms with Crippen LogP contribution < -0.4 is 46.6 Å². The fourth-order valence-electron chi connectivity index (χ4n) is 8.60. The Bertz CT molecular complexity index is 2330. The summed E-state index contributed by atoms with van der Waals surface area (Å²) < 4.78 is 13.8. The van der Waals surface area contributed by atoms with Crippen LogP contribution in [0, 0.1) is 0 Å². The highest BCUT2D eigenvalue weighted by atomic mass is 28.3. The van der Waals surface area contributed by atoms with Crippen LogP contribution in [0.5, 0.6) is 23.0 Å². The minimum absolute atomic E-state index is 0.00165. The normalized spacial score (nSPS) is 13.3. The summed E-state index contributed by atoms with van der Waals surface area (Å²) in [5.74, 6) is 3.54. The zero-order valence-electron chi connectivity index (χ0n) is 32.0. The molecule has 2 aliphatic rings. The van der Waals surface area contributed by atoms with Gasteiger partial charge in [-0.05, 0) is 89.0 Å². The molecule has 0 aliphatic carbocycles. The highest BCUT2D eigenvalue weighted by Gasteiger charge is 2.43. The van der Waals surface area contributed by atoms with Crippen LogP contribution >= 0.6 is 0 Å². The van der Waals surface area contributed by atoms with Crippen molar-refractivity contribution in [2.45, 2.75) is 52.4 Å². The van der Waals surface area contributed by atoms with E-state index < -0.39 is 8.07 Å². The molecule has 2 heterocycles. The summed E-state index contributed by atoms with van der Waals surface area (Å²) in [6.07, 6.45) is 0. The second-order valence-corrected chi connectivity index (χ2v) is 20.8. The molecule has 0 spiro atoms. The lowest BCUT2D eigenvalue weighted by atomic mass is 9.34. The third kappa shape index (κ3) is 5.63. The Hall–Kier alpha value is -5.58. The summed E-state index contributed by atoms with van der Waals surface area (Å²) in [7, 11) is -2.71. The molecule has 0 fully saturated rings. The highest BCUT2D eigenvalue weighted by Crippen LogP contribution is 2.39. The van der Waals surface area contributed by atoms with E-state index in [0.717, 1.165) is 39.6 Å². The van der Waals surface area contributed by atoms with Crippen molar-refractivity contribution >= 4 is 51.9 Å². The van der Waals surface area contributed by atoms with Gasteiger partial charge in [-0.3, -0.25) is 0 Å². The van der Waals surface area contributed by atoms with Crippen molar-refractivity contribution in [3.05, 3.63) is 175 Å². The summed E-state index contributed by atoms with van der Waals surface area (Å²) >= 11 is 0. The molecular formula is C50H45BO2Si. The first-order valence-corrected chi connectivity index (χ1v) is 21.1. The first kappa shape index (κ1) is 34.2. The summed E-state index contributed by atoms with van der Waals surface area (Å²) in [4.78, 5) is 0. The van der Waals surface area contributed by atoms with Gasteiger partial charge in [0.2, 0.25) is 0 Å². The smallest absolute Gasteiger partial charge is 0.260 e. The van der Waals surface area contributed by atoms with Crippen molar-refractivity contribution in [3.8, 4) is 34.1 Å². The van der Waals surface area contributed by atoms with E-state index >= 15 is 0 Å². The van der Waals surface area contributed by atoms with Crippen LogP contribution in [-0.2, 0) is 10.8 Å². The fraction of sp³-hybridized carbons (Fsp3) is 0.160. The van der Waals surface area contributed by atoms with E-state index in [4.69, 9.17) is 9.47 Å². The summed E-state index contributed by atoms with van der Waals surface area (Å²) in [5, 5.41) is 5.39. The lowest BCUT2D eigenvalue weighted by Gasteiger charge is -2.35. The Balaban J connectivity index is 1.25. The topological polar surface area (TPSA) is 18.5 Å². The van der Waals surface area contributed by atoms with Crippen LogP contribution in [0.15, 0.2) is 164 Å². The first-order valence-electron chi connectivity index (χ1n) is 19.1. The number of hydrogen-bond acceptors (Lipinski definition) is 2. The second-order valence-electron chi connectivity index (χ2n) is 17.0. The van der Waals surface area contributed by atoms with Gasteiger partial charge in [-0.1, -0.05) is 181 Å². The maximum absolute atomic E-state index is 6.90. The molecule has 0 saturated carbocycles. The molecule has 54 heavy (non-hydrogen) atoms. The van der Waals surface area contributed by atoms with Gasteiger partial charge in [-0.15, -0.1) is 0 Å². The molecule has 0 bridgehead atoms. The maximum atomic E-state index is 6.90. The molecule has 0 amide bonds.